The van der Waals surface area contributed by atoms with Gasteiger partial charge in [0.05, 0.1) is 4.90 Å². The number of hydrogen-bond donors (Lipinski definition) is 1. The van der Waals surface area contributed by atoms with Crippen molar-refractivity contribution >= 4 is 15.5 Å². The van der Waals surface area contributed by atoms with E-state index in [9.17, 15) is 8.42 Å². The molecule has 0 atom stereocenters. The minimum absolute atomic E-state index is 0.398. The van der Waals surface area contributed by atoms with Gasteiger partial charge in [0.25, 0.3) is 0 Å². The van der Waals surface area contributed by atoms with Crippen LogP contribution in [-0.4, -0.2) is 20.7 Å². The molecule has 1 aliphatic carbocycles. The standard InChI is InChI=1S/C17H27NO2S/c1-4-5-14-7-9-15(10-8-14)18-17-12-16(21(3,19)20)11-6-13(17)2/h6,11-12,14-15,18H,4-5,7-10H2,1-3H3. The molecule has 0 aliphatic heterocycles. The van der Waals surface area contributed by atoms with Crippen LogP contribution in [0.2, 0.25) is 0 Å². The first kappa shape index (κ1) is 16.3. The predicted octanol–water partition coefficient (Wildman–Crippen LogP) is 4.17. The van der Waals surface area contributed by atoms with Gasteiger partial charge < -0.3 is 5.32 Å². The largest absolute Gasteiger partial charge is 0.382 e. The molecule has 0 spiro atoms. The fourth-order valence-corrected chi connectivity index (χ4v) is 3.86. The van der Waals surface area contributed by atoms with Crippen LogP contribution in [0.5, 0.6) is 0 Å². The van der Waals surface area contributed by atoms with Crippen LogP contribution in [0.3, 0.4) is 0 Å². The molecule has 1 aromatic carbocycles. The van der Waals surface area contributed by atoms with Crippen LogP contribution in [0.1, 0.15) is 51.0 Å². The molecule has 3 nitrogen and oxygen atoms in total. The Bertz CT molecular complexity index is 572. The molecule has 1 aliphatic rings. The van der Waals surface area contributed by atoms with Crippen LogP contribution in [0.15, 0.2) is 23.1 Å². The Hall–Kier alpha value is -1.03. The summed E-state index contributed by atoms with van der Waals surface area (Å²) in [5.41, 5.74) is 2.08. The molecule has 21 heavy (non-hydrogen) atoms. The van der Waals surface area contributed by atoms with Crippen molar-refractivity contribution in [2.24, 2.45) is 5.92 Å². The average Bonchev–Trinajstić information content (AvgIpc) is 2.42. The van der Waals surface area contributed by atoms with E-state index in [4.69, 9.17) is 0 Å². The summed E-state index contributed by atoms with van der Waals surface area (Å²) in [5.74, 6) is 0.886. The summed E-state index contributed by atoms with van der Waals surface area (Å²) in [6, 6.07) is 5.84. The van der Waals surface area contributed by atoms with Gasteiger partial charge in [-0.15, -0.1) is 0 Å². The van der Waals surface area contributed by atoms with Crippen LogP contribution in [0.4, 0.5) is 5.69 Å². The maximum atomic E-state index is 11.7. The van der Waals surface area contributed by atoms with Gasteiger partial charge >= 0.3 is 0 Å². The third-order valence-corrected chi connectivity index (χ3v) is 5.65. The summed E-state index contributed by atoms with van der Waals surface area (Å²) >= 11 is 0. The molecule has 0 amide bonds. The van der Waals surface area contributed by atoms with Crippen LogP contribution >= 0.6 is 0 Å². The first-order valence-corrected chi connectivity index (χ1v) is 9.86. The topological polar surface area (TPSA) is 46.2 Å². The van der Waals surface area contributed by atoms with Gasteiger partial charge in [-0.1, -0.05) is 25.8 Å². The molecular formula is C17H27NO2S. The average molecular weight is 309 g/mol. The van der Waals surface area contributed by atoms with Gasteiger partial charge in [0.1, 0.15) is 0 Å². The van der Waals surface area contributed by atoms with Crippen molar-refractivity contribution in [3.63, 3.8) is 0 Å². The lowest BCUT2D eigenvalue weighted by atomic mass is 9.83. The lowest BCUT2D eigenvalue weighted by Gasteiger charge is -2.30. The van der Waals surface area contributed by atoms with Crippen molar-refractivity contribution in [3.05, 3.63) is 23.8 Å². The van der Waals surface area contributed by atoms with E-state index in [-0.39, 0.29) is 0 Å². The molecule has 4 heteroatoms. The van der Waals surface area contributed by atoms with Crippen molar-refractivity contribution in [1.82, 2.24) is 0 Å². The number of sulfone groups is 1. The molecule has 1 aromatic rings. The summed E-state index contributed by atoms with van der Waals surface area (Å²) in [7, 11) is -3.14. The predicted molar refractivity (Wildman–Crippen MR) is 88.6 cm³/mol. The van der Waals surface area contributed by atoms with Gasteiger partial charge in [0.2, 0.25) is 0 Å². The molecule has 0 heterocycles. The van der Waals surface area contributed by atoms with Crippen LogP contribution in [-0.2, 0) is 9.84 Å². The molecule has 0 radical (unpaired) electrons. The van der Waals surface area contributed by atoms with E-state index in [1.54, 1.807) is 12.1 Å². The van der Waals surface area contributed by atoms with E-state index in [2.05, 4.69) is 12.2 Å². The Morgan fingerprint density at radius 1 is 1.19 bits per heavy atom. The quantitative estimate of drug-likeness (QED) is 0.888. The van der Waals surface area contributed by atoms with Gasteiger partial charge in [0, 0.05) is 18.0 Å². The van der Waals surface area contributed by atoms with Gasteiger partial charge in [-0.2, -0.15) is 0 Å². The molecule has 2 rings (SSSR count). The summed E-state index contributed by atoms with van der Waals surface area (Å²) in [4.78, 5) is 0.398. The monoisotopic (exact) mass is 309 g/mol. The zero-order valence-electron chi connectivity index (χ0n) is 13.4. The van der Waals surface area contributed by atoms with Gasteiger partial charge in [0.15, 0.2) is 9.84 Å². The lowest BCUT2D eigenvalue weighted by molar-refractivity contribution is 0.319. The highest BCUT2D eigenvalue weighted by Crippen LogP contribution is 2.30. The zero-order valence-corrected chi connectivity index (χ0v) is 14.2. The molecule has 0 bridgehead atoms. The Morgan fingerprint density at radius 3 is 2.43 bits per heavy atom. The van der Waals surface area contributed by atoms with Gasteiger partial charge in [-0.05, 0) is 56.2 Å². The van der Waals surface area contributed by atoms with Crippen molar-refractivity contribution in [3.8, 4) is 0 Å². The minimum atomic E-state index is -3.14. The van der Waals surface area contributed by atoms with Crippen molar-refractivity contribution in [2.75, 3.05) is 11.6 Å². The Balaban J connectivity index is 2.03. The molecule has 0 unspecified atom stereocenters. The normalized spacial score (nSPS) is 23.0. The highest BCUT2D eigenvalue weighted by atomic mass is 32.2. The number of benzene rings is 1. The second-order valence-corrected chi connectivity index (χ2v) is 8.42. The third-order valence-electron chi connectivity index (χ3n) is 4.54. The lowest BCUT2D eigenvalue weighted by Crippen LogP contribution is -2.26. The molecule has 1 N–H and O–H groups in total. The fraction of sp³-hybridized carbons (Fsp3) is 0.647. The number of aryl methyl sites for hydroxylation is 1. The molecule has 118 valence electrons. The summed E-state index contributed by atoms with van der Waals surface area (Å²) in [6.07, 6.45) is 8.83. The van der Waals surface area contributed by atoms with Crippen LogP contribution in [0.25, 0.3) is 0 Å². The van der Waals surface area contributed by atoms with E-state index in [1.807, 2.05) is 13.0 Å². The van der Waals surface area contributed by atoms with Gasteiger partial charge in [-0.25, -0.2) is 8.42 Å². The molecule has 1 fully saturated rings. The molecule has 0 aromatic heterocycles. The van der Waals surface area contributed by atoms with E-state index in [0.29, 0.717) is 10.9 Å². The molecular weight excluding hydrogens is 282 g/mol. The van der Waals surface area contributed by atoms with Gasteiger partial charge in [-0.3, -0.25) is 0 Å². The molecule has 1 saturated carbocycles. The number of hydrogen-bond acceptors (Lipinski definition) is 3. The van der Waals surface area contributed by atoms with Crippen molar-refractivity contribution in [2.45, 2.75) is 63.3 Å². The van der Waals surface area contributed by atoms with E-state index >= 15 is 0 Å². The van der Waals surface area contributed by atoms with Crippen molar-refractivity contribution < 1.29 is 8.42 Å². The third kappa shape index (κ3) is 4.47. The highest BCUT2D eigenvalue weighted by molar-refractivity contribution is 7.90. The summed E-state index contributed by atoms with van der Waals surface area (Å²) < 4.78 is 23.4. The SMILES string of the molecule is CCCC1CCC(Nc2cc(S(C)(=O)=O)ccc2C)CC1. The first-order chi connectivity index (χ1) is 9.90. The summed E-state index contributed by atoms with van der Waals surface area (Å²) in [6.45, 7) is 4.28. The Kier molecular flexibility index (Phi) is 5.31. The number of rotatable bonds is 5. The zero-order chi connectivity index (χ0) is 15.5. The van der Waals surface area contributed by atoms with E-state index in [1.165, 1.54) is 44.8 Å². The fourth-order valence-electron chi connectivity index (χ4n) is 3.21. The Labute approximate surface area is 129 Å². The second-order valence-electron chi connectivity index (χ2n) is 6.40. The smallest absolute Gasteiger partial charge is 0.175 e. The highest BCUT2D eigenvalue weighted by Gasteiger charge is 2.21. The van der Waals surface area contributed by atoms with E-state index in [0.717, 1.165) is 17.2 Å². The summed E-state index contributed by atoms with van der Waals surface area (Å²) in [5, 5.41) is 3.56. The number of anilines is 1. The maximum Gasteiger partial charge on any atom is 0.175 e. The maximum absolute atomic E-state index is 11.7. The van der Waals surface area contributed by atoms with Crippen molar-refractivity contribution in [1.29, 1.82) is 0 Å². The minimum Gasteiger partial charge on any atom is -0.382 e. The number of nitrogens with one attached hydrogen (secondary N) is 1. The van der Waals surface area contributed by atoms with Crippen LogP contribution in [0, 0.1) is 12.8 Å². The Morgan fingerprint density at radius 2 is 1.86 bits per heavy atom. The second kappa shape index (κ2) is 6.82. The first-order valence-electron chi connectivity index (χ1n) is 7.97. The van der Waals surface area contributed by atoms with Crippen LogP contribution < -0.4 is 5.32 Å². The van der Waals surface area contributed by atoms with E-state index < -0.39 is 9.84 Å². The molecule has 0 saturated heterocycles.